The first-order valence-electron chi connectivity index (χ1n) is 12.1. The molecule has 2 radical (unpaired) electrons. The summed E-state index contributed by atoms with van der Waals surface area (Å²) in [7, 11) is 0. The van der Waals surface area contributed by atoms with Gasteiger partial charge >= 0.3 is 186 Å². The van der Waals surface area contributed by atoms with Crippen LogP contribution in [-0.4, -0.2) is 47.9 Å². The Morgan fingerprint density at radius 2 is 1.04 bits per heavy atom. The SMILES string of the molecule is CCCCCCCCCCC[CH2][Sn]([CH2]CCC)[CH2]CC[O][SnH][CH2]CCC. The Hall–Kier alpha value is 1.56. The van der Waals surface area contributed by atoms with Crippen molar-refractivity contribution in [3.63, 3.8) is 0 Å². The van der Waals surface area contributed by atoms with Gasteiger partial charge in [0.2, 0.25) is 0 Å². The third kappa shape index (κ3) is 21.9. The Morgan fingerprint density at radius 3 is 1.65 bits per heavy atom. The molecule has 0 aromatic rings. The van der Waals surface area contributed by atoms with Crippen LogP contribution in [0.15, 0.2) is 0 Å². The zero-order valence-corrected chi connectivity index (χ0v) is 24.8. The molecule has 0 atom stereocenters. The van der Waals surface area contributed by atoms with E-state index in [1.54, 1.807) is 19.7 Å². The van der Waals surface area contributed by atoms with Crippen molar-refractivity contribution in [1.29, 1.82) is 0 Å². The fourth-order valence-corrected chi connectivity index (χ4v) is 15.1. The normalized spacial score (nSPS) is 11.5. The molecule has 0 unspecified atom stereocenters. The molecule has 0 N–H and O–H groups in total. The molecule has 0 aromatic heterocycles. The van der Waals surface area contributed by atoms with E-state index in [2.05, 4.69) is 20.8 Å². The van der Waals surface area contributed by atoms with Gasteiger partial charge in [-0.2, -0.15) is 0 Å². The molecule has 0 rings (SSSR count). The van der Waals surface area contributed by atoms with E-state index in [1.807, 2.05) is 0 Å². The molecule has 0 bridgehead atoms. The van der Waals surface area contributed by atoms with E-state index in [0.29, 0.717) is 0 Å². The predicted octanol–water partition coefficient (Wildman–Crippen LogP) is 8.18. The summed E-state index contributed by atoms with van der Waals surface area (Å²) >= 11 is -1.66. The van der Waals surface area contributed by atoms with Crippen LogP contribution in [0.2, 0.25) is 17.7 Å². The molecule has 0 aromatic carbocycles. The first-order chi connectivity index (χ1) is 12.8. The molecule has 0 heterocycles. The molecule has 0 spiro atoms. The van der Waals surface area contributed by atoms with Crippen LogP contribution in [0, 0.1) is 0 Å². The third-order valence-electron chi connectivity index (χ3n) is 5.35. The van der Waals surface area contributed by atoms with E-state index in [-0.39, 0.29) is 0 Å². The summed E-state index contributed by atoms with van der Waals surface area (Å²) in [6.07, 6.45) is 21.9. The molecular formula is C23H50OSn2. The second-order valence-electron chi connectivity index (χ2n) is 8.07. The van der Waals surface area contributed by atoms with Crippen molar-refractivity contribution in [3.8, 4) is 0 Å². The summed E-state index contributed by atoms with van der Waals surface area (Å²) in [5, 5.41) is 0. The van der Waals surface area contributed by atoms with Gasteiger partial charge in [-0.15, -0.1) is 0 Å². The molecule has 0 saturated heterocycles. The van der Waals surface area contributed by atoms with Crippen molar-refractivity contribution in [1.82, 2.24) is 0 Å². The van der Waals surface area contributed by atoms with Crippen LogP contribution in [0.5, 0.6) is 0 Å². The minimum atomic E-state index is -1.05. The molecule has 0 aliphatic carbocycles. The van der Waals surface area contributed by atoms with Crippen LogP contribution >= 0.6 is 0 Å². The predicted molar refractivity (Wildman–Crippen MR) is 124 cm³/mol. The monoisotopic (exact) mass is 582 g/mol. The van der Waals surface area contributed by atoms with E-state index in [1.165, 1.54) is 94.3 Å². The first kappa shape index (κ1) is 27.6. The average molecular weight is 580 g/mol. The molecule has 0 aliphatic heterocycles. The van der Waals surface area contributed by atoms with E-state index in [4.69, 9.17) is 3.07 Å². The van der Waals surface area contributed by atoms with E-state index in [9.17, 15) is 0 Å². The van der Waals surface area contributed by atoms with Crippen molar-refractivity contribution in [2.24, 2.45) is 0 Å². The number of unbranched alkanes of at least 4 members (excludes halogenated alkanes) is 11. The first-order valence-corrected chi connectivity index (χ1v) is 21.8. The summed E-state index contributed by atoms with van der Waals surface area (Å²) in [4.78, 5) is 0. The quantitative estimate of drug-likeness (QED) is 0.0928. The molecular weight excluding hydrogens is 530 g/mol. The molecule has 0 amide bonds. The van der Waals surface area contributed by atoms with E-state index in [0.717, 1.165) is 6.61 Å². The average Bonchev–Trinajstić information content (AvgIpc) is 2.66. The van der Waals surface area contributed by atoms with E-state index < -0.39 is 41.3 Å². The number of rotatable bonds is 22. The van der Waals surface area contributed by atoms with Gasteiger partial charge in [0.1, 0.15) is 0 Å². The topological polar surface area (TPSA) is 9.23 Å². The Kier molecular flexibility index (Phi) is 26.1. The van der Waals surface area contributed by atoms with Gasteiger partial charge in [-0.05, 0) is 0 Å². The van der Waals surface area contributed by atoms with Gasteiger partial charge in [-0.25, -0.2) is 0 Å². The van der Waals surface area contributed by atoms with Crippen LogP contribution in [-0.2, 0) is 3.07 Å². The summed E-state index contributed by atoms with van der Waals surface area (Å²) in [6.45, 7) is 8.09. The maximum absolute atomic E-state index is 6.02. The summed E-state index contributed by atoms with van der Waals surface area (Å²) in [5.74, 6) is 0. The summed E-state index contributed by atoms with van der Waals surface area (Å²) < 4.78 is 12.4. The zero-order chi connectivity index (χ0) is 19.1. The van der Waals surface area contributed by atoms with Crippen molar-refractivity contribution in [3.05, 3.63) is 0 Å². The fourth-order valence-electron chi connectivity index (χ4n) is 3.52. The van der Waals surface area contributed by atoms with Gasteiger partial charge in [0.15, 0.2) is 0 Å². The molecule has 0 fully saturated rings. The number of hydrogen-bond donors (Lipinski definition) is 0. The van der Waals surface area contributed by atoms with Gasteiger partial charge in [0, 0.05) is 0 Å². The standard InChI is InChI=1S/C12H25.2C4H9.C3H6O.2Sn.H/c1-3-5-7-9-11-12-10-8-6-4-2;2*1-3-4-2;1-2-3-4;;;/h1,3-12H2,2H3;2*1,3-4H2,2H3;1-3H2;;;/q;;;-1;;+1;. The van der Waals surface area contributed by atoms with Crippen LogP contribution in [0.4, 0.5) is 0 Å². The molecule has 0 aliphatic rings. The van der Waals surface area contributed by atoms with Gasteiger partial charge in [-0.1, -0.05) is 0 Å². The molecule has 26 heavy (non-hydrogen) atoms. The van der Waals surface area contributed by atoms with Crippen molar-refractivity contribution in [2.75, 3.05) is 6.61 Å². The fraction of sp³-hybridized carbons (Fsp3) is 1.00. The molecule has 156 valence electrons. The Labute approximate surface area is 184 Å². The van der Waals surface area contributed by atoms with E-state index >= 15 is 0 Å². The summed E-state index contributed by atoms with van der Waals surface area (Å²) in [5.41, 5.74) is 0. The zero-order valence-electron chi connectivity index (χ0n) is 18.6. The Balaban J connectivity index is 3.52. The molecule has 0 saturated carbocycles. The van der Waals surface area contributed by atoms with Crippen LogP contribution in [0.25, 0.3) is 0 Å². The second kappa shape index (κ2) is 24.6. The van der Waals surface area contributed by atoms with Crippen molar-refractivity contribution >= 4 is 41.3 Å². The van der Waals surface area contributed by atoms with Gasteiger partial charge in [-0.3, -0.25) is 0 Å². The van der Waals surface area contributed by atoms with Gasteiger partial charge in [0.05, 0.1) is 0 Å². The van der Waals surface area contributed by atoms with Crippen molar-refractivity contribution < 1.29 is 3.07 Å². The Morgan fingerprint density at radius 1 is 0.538 bits per heavy atom. The van der Waals surface area contributed by atoms with Gasteiger partial charge in [0.25, 0.3) is 0 Å². The minimum absolute atomic E-state index is 0.606. The number of hydrogen-bond acceptors (Lipinski definition) is 1. The Bertz CT molecular complexity index is 248. The molecule has 1 nitrogen and oxygen atoms in total. The second-order valence-corrected chi connectivity index (χ2v) is 20.2. The van der Waals surface area contributed by atoms with Gasteiger partial charge < -0.3 is 0 Å². The maximum atomic E-state index is 6.02. The van der Waals surface area contributed by atoms with Crippen molar-refractivity contribution in [2.45, 2.75) is 135 Å². The van der Waals surface area contributed by atoms with Crippen LogP contribution in [0.3, 0.4) is 0 Å². The third-order valence-corrected chi connectivity index (χ3v) is 17.6. The summed E-state index contributed by atoms with van der Waals surface area (Å²) in [6, 6.07) is 0. The molecule has 3 heteroatoms. The van der Waals surface area contributed by atoms with Crippen LogP contribution in [0.1, 0.15) is 117 Å². The van der Waals surface area contributed by atoms with Crippen LogP contribution < -0.4 is 0 Å².